The van der Waals surface area contributed by atoms with Gasteiger partial charge in [0.25, 0.3) is 0 Å². The van der Waals surface area contributed by atoms with Crippen LogP contribution >= 0.6 is 11.3 Å². The molecule has 0 unspecified atom stereocenters. The van der Waals surface area contributed by atoms with Crippen LogP contribution < -0.4 is 5.32 Å². The Morgan fingerprint density at radius 2 is 1.75 bits per heavy atom. The maximum Gasteiger partial charge on any atom is 0.367 e. The number of para-hydroxylation sites is 1. The van der Waals surface area contributed by atoms with Crippen molar-refractivity contribution in [2.45, 2.75) is 45.3 Å². The number of ether oxygens (including phenoxy) is 1. The number of nitrogens with zero attached hydrogens (tertiary/aromatic N) is 1. The Hall–Kier alpha value is -2.77. The SMILES string of the molecule is CNC(=O)[C@H](CC(C)C)C[C@H](O)[C@H](Cc1ccccc1)OC(=O)c1nc2ccccc2s1. The van der Waals surface area contributed by atoms with Gasteiger partial charge in [-0.05, 0) is 36.5 Å². The minimum atomic E-state index is -0.991. The van der Waals surface area contributed by atoms with Gasteiger partial charge in [0.2, 0.25) is 10.9 Å². The number of aliphatic hydroxyl groups excluding tert-OH is 1. The highest BCUT2D eigenvalue weighted by Gasteiger charge is 2.31. The predicted octanol–water partition coefficient (Wildman–Crippen LogP) is 4.22. The molecule has 0 aliphatic rings. The van der Waals surface area contributed by atoms with Crippen molar-refractivity contribution in [3.05, 3.63) is 65.2 Å². The molecule has 3 rings (SSSR count). The van der Waals surface area contributed by atoms with Crippen molar-refractivity contribution < 1.29 is 19.4 Å². The fourth-order valence-electron chi connectivity index (χ4n) is 3.78. The van der Waals surface area contributed by atoms with Gasteiger partial charge in [-0.25, -0.2) is 9.78 Å². The summed E-state index contributed by atoms with van der Waals surface area (Å²) in [6.07, 6.45) is -0.588. The molecule has 1 heterocycles. The number of amides is 1. The molecular formula is C25H30N2O4S. The monoisotopic (exact) mass is 454 g/mol. The van der Waals surface area contributed by atoms with Gasteiger partial charge in [0, 0.05) is 19.4 Å². The van der Waals surface area contributed by atoms with Crippen molar-refractivity contribution >= 4 is 33.4 Å². The first-order valence-corrected chi connectivity index (χ1v) is 11.7. The van der Waals surface area contributed by atoms with Gasteiger partial charge in [-0.3, -0.25) is 4.79 Å². The summed E-state index contributed by atoms with van der Waals surface area (Å²) >= 11 is 1.26. The number of carbonyl (C=O) groups excluding carboxylic acids is 2. The van der Waals surface area contributed by atoms with E-state index in [9.17, 15) is 14.7 Å². The number of aliphatic hydroxyl groups is 1. The van der Waals surface area contributed by atoms with Crippen LogP contribution in [0.1, 0.15) is 42.1 Å². The summed E-state index contributed by atoms with van der Waals surface area (Å²) in [5.41, 5.74) is 1.68. The largest absolute Gasteiger partial charge is 0.454 e. The minimum Gasteiger partial charge on any atom is -0.454 e. The third-order valence-electron chi connectivity index (χ3n) is 5.33. The van der Waals surface area contributed by atoms with E-state index in [0.717, 1.165) is 15.8 Å². The molecule has 3 atom stereocenters. The Balaban J connectivity index is 1.80. The molecule has 3 aromatic rings. The highest BCUT2D eigenvalue weighted by molar-refractivity contribution is 7.20. The molecule has 170 valence electrons. The first-order valence-electron chi connectivity index (χ1n) is 10.9. The summed E-state index contributed by atoms with van der Waals surface area (Å²) in [5, 5.41) is 14.0. The highest BCUT2D eigenvalue weighted by Crippen LogP contribution is 2.25. The number of esters is 1. The lowest BCUT2D eigenvalue weighted by molar-refractivity contribution is -0.126. The van der Waals surface area contributed by atoms with E-state index in [2.05, 4.69) is 10.3 Å². The van der Waals surface area contributed by atoms with E-state index in [1.165, 1.54) is 11.3 Å². The second kappa shape index (κ2) is 11.2. The van der Waals surface area contributed by atoms with E-state index in [4.69, 9.17) is 4.74 Å². The molecule has 0 radical (unpaired) electrons. The van der Waals surface area contributed by atoms with Crippen molar-refractivity contribution in [2.24, 2.45) is 11.8 Å². The molecule has 6 nitrogen and oxygen atoms in total. The number of rotatable bonds is 10. The van der Waals surface area contributed by atoms with Crippen LogP contribution in [-0.2, 0) is 16.0 Å². The summed E-state index contributed by atoms with van der Waals surface area (Å²) < 4.78 is 6.68. The Labute approximate surface area is 192 Å². The van der Waals surface area contributed by atoms with Gasteiger partial charge in [0.15, 0.2) is 0 Å². The number of benzene rings is 2. The van der Waals surface area contributed by atoms with E-state index in [1.54, 1.807) is 7.05 Å². The van der Waals surface area contributed by atoms with E-state index in [1.807, 2.05) is 68.4 Å². The Morgan fingerprint density at radius 3 is 2.41 bits per heavy atom. The Kier molecular flexibility index (Phi) is 8.36. The maximum absolute atomic E-state index is 12.9. The molecule has 2 aromatic carbocycles. The molecular weight excluding hydrogens is 424 g/mol. The van der Waals surface area contributed by atoms with Gasteiger partial charge in [-0.1, -0.05) is 56.3 Å². The van der Waals surface area contributed by atoms with Gasteiger partial charge in [-0.2, -0.15) is 0 Å². The van der Waals surface area contributed by atoms with Crippen LogP contribution in [0.25, 0.3) is 10.2 Å². The van der Waals surface area contributed by atoms with E-state index < -0.39 is 18.2 Å². The second-order valence-corrected chi connectivity index (χ2v) is 9.39. The van der Waals surface area contributed by atoms with Crippen molar-refractivity contribution in [1.29, 1.82) is 0 Å². The summed E-state index contributed by atoms with van der Waals surface area (Å²) in [5.74, 6) is -0.753. The molecule has 32 heavy (non-hydrogen) atoms. The van der Waals surface area contributed by atoms with E-state index >= 15 is 0 Å². The first kappa shape index (κ1) is 23.9. The van der Waals surface area contributed by atoms with Crippen LogP contribution in [-0.4, -0.2) is 41.2 Å². The zero-order valence-corrected chi connectivity index (χ0v) is 19.5. The summed E-state index contributed by atoms with van der Waals surface area (Å²) in [7, 11) is 1.59. The zero-order chi connectivity index (χ0) is 23.1. The number of aromatic nitrogens is 1. The standard InChI is InChI=1S/C25H30N2O4S/c1-16(2)13-18(23(29)26-3)15-20(28)21(14-17-9-5-4-6-10-17)31-25(30)24-27-19-11-7-8-12-22(19)32-24/h4-12,16,18,20-21,28H,13-15H2,1-3H3,(H,26,29)/t18-,20+,21+/m1/s1. The van der Waals surface area contributed by atoms with Crippen molar-refractivity contribution in [1.82, 2.24) is 10.3 Å². The quantitative estimate of drug-likeness (QED) is 0.448. The number of hydrogen-bond donors (Lipinski definition) is 2. The van der Waals surface area contributed by atoms with Gasteiger partial charge in [0.1, 0.15) is 6.10 Å². The summed E-state index contributed by atoms with van der Waals surface area (Å²) in [4.78, 5) is 29.6. The molecule has 1 amide bonds. The van der Waals surface area contributed by atoms with Gasteiger partial charge in [-0.15, -0.1) is 11.3 Å². The van der Waals surface area contributed by atoms with E-state index in [0.29, 0.717) is 18.8 Å². The first-order chi connectivity index (χ1) is 15.4. The average molecular weight is 455 g/mol. The fourth-order valence-corrected chi connectivity index (χ4v) is 4.63. The summed E-state index contributed by atoms with van der Waals surface area (Å²) in [6.45, 7) is 4.08. The van der Waals surface area contributed by atoms with Crippen LogP contribution in [0.5, 0.6) is 0 Å². The fraction of sp³-hybridized carbons (Fsp3) is 0.400. The Morgan fingerprint density at radius 1 is 1.06 bits per heavy atom. The second-order valence-electron chi connectivity index (χ2n) is 8.36. The van der Waals surface area contributed by atoms with E-state index in [-0.39, 0.29) is 23.3 Å². The van der Waals surface area contributed by atoms with Crippen molar-refractivity contribution in [2.75, 3.05) is 7.05 Å². The minimum absolute atomic E-state index is 0.117. The Bertz CT molecular complexity index is 1000. The molecule has 1 aromatic heterocycles. The normalized spacial score (nSPS) is 14.2. The van der Waals surface area contributed by atoms with Gasteiger partial charge in [0.05, 0.1) is 16.3 Å². The lowest BCUT2D eigenvalue weighted by atomic mass is 9.88. The van der Waals surface area contributed by atoms with Gasteiger partial charge < -0.3 is 15.2 Å². The lowest BCUT2D eigenvalue weighted by Crippen LogP contribution is -2.38. The highest BCUT2D eigenvalue weighted by atomic mass is 32.1. The lowest BCUT2D eigenvalue weighted by Gasteiger charge is -2.27. The van der Waals surface area contributed by atoms with Gasteiger partial charge >= 0.3 is 5.97 Å². The topological polar surface area (TPSA) is 88.5 Å². The molecule has 0 aliphatic heterocycles. The van der Waals surface area contributed by atoms with Crippen LogP contribution in [0.3, 0.4) is 0 Å². The van der Waals surface area contributed by atoms with Crippen LogP contribution in [0.15, 0.2) is 54.6 Å². The summed E-state index contributed by atoms with van der Waals surface area (Å²) in [6, 6.07) is 17.1. The number of nitrogens with one attached hydrogen (secondary N) is 1. The molecule has 0 spiro atoms. The molecule has 7 heteroatoms. The smallest absolute Gasteiger partial charge is 0.367 e. The number of hydrogen-bond acceptors (Lipinski definition) is 6. The van der Waals surface area contributed by atoms with Crippen molar-refractivity contribution in [3.8, 4) is 0 Å². The third-order valence-corrected chi connectivity index (χ3v) is 6.35. The van der Waals surface area contributed by atoms with Crippen LogP contribution in [0, 0.1) is 11.8 Å². The molecule has 0 saturated heterocycles. The number of carbonyl (C=O) groups is 2. The molecule has 0 fully saturated rings. The molecule has 0 aliphatic carbocycles. The third kappa shape index (κ3) is 6.37. The molecule has 0 saturated carbocycles. The molecule has 0 bridgehead atoms. The maximum atomic E-state index is 12.9. The molecule has 2 N–H and O–H groups in total. The number of thiazole rings is 1. The zero-order valence-electron chi connectivity index (χ0n) is 18.7. The average Bonchev–Trinajstić information content (AvgIpc) is 3.22. The predicted molar refractivity (Wildman–Crippen MR) is 127 cm³/mol. The van der Waals surface area contributed by atoms with Crippen molar-refractivity contribution in [3.63, 3.8) is 0 Å². The van der Waals surface area contributed by atoms with Crippen LogP contribution in [0.4, 0.5) is 0 Å². The van der Waals surface area contributed by atoms with Crippen LogP contribution in [0.2, 0.25) is 0 Å². The number of fused-ring (bicyclic) bond motifs is 1.